The fourth-order valence-corrected chi connectivity index (χ4v) is 3.72. The van der Waals surface area contributed by atoms with Gasteiger partial charge in [0.05, 0.1) is 24.4 Å². The monoisotopic (exact) mass is 365 g/mol. The molecule has 0 saturated carbocycles. The number of rotatable bonds is 7. The summed E-state index contributed by atoms with van der Waals surface area (Å²) in [6.07, 6.45) is 5.52. The highest BCUT2D eigenvalue weighted by Crippen LogP contribution is 2.23. The molecule has 2 saturated heterocycles. The van der Waals surface area contributed by atoms with Crippen LogP contribution in [-0.4, -0.2) is 59.0 Å². The van der Waals surface area contributed by atoms with E-state index in [0.29, 0.717) is 25.8 Å². The number of nitrogens with one attached hydrogen (secondary N) is 1. The van der Waals surface area contributed by atoms with Gasteiger partial charge in [0, 0.05) is 25.5 Å². The van der Waals surface area contributed by atoms with Gasteiger partial charge in [-0.05, 0) is 38.8 Å². The van der Waals surface area contributed by atoms with Gasteiger partial charge in [0.1, 0.15) is 6.10 Å². The number of ether oxygens (including phenoxy) is 1. The molecule has 1 aromatic rings. The molecule has 0 aromatic carbocycles. The zero-order valence-electron chi connectivity index (χ0n) is 15.7. The third kappa shape index (κ3) is 5.53. The molecule has 0 spiro atoms. The molecule has 2 N–H and O–H groups in total. The minimum Gasteiger partial charge on any atom is -0.390 e. The molecule has 26 heavy (non-hydrogen) atoms. The van der Waals surface area contributed by atoms with Crippen LogP contribution in [-0.2, 0) is 22.5 Å². The Hall–Kier alpha value is -1.44. The Labute approximate surface area is 155 Å². The van der Waals surface area contributed by atoms with E-state index in [0.717, 1.165) is 37.5 Å². The molecule has 2 aliphatic rings. The summed E-state index contributed by atoms with van der Waals surface area (Å²) >= 11 is 0. The SMILES string of the molecule is CCC(=O)NC[C@H]1O[C@H](Cc2cc(CN3CCCCC3)on2)CC[C@@H]1O. The van der Waals surface area contributed by atoms with Crippen LogP contribution in [0.4, 0.5) is 0 Å². The second-order valence-corrected chi connectivity index (χ2v) is 7.42. The van der Waals surface area contributed by atoms with Crippen molar-refractivity contribution >= 4 is 5.91 Å². The molecule has 2 aliphatic heterocycles. The van der Waals surface area contributed by atoms with Gasteiger partial charge in [-0.1, -0.05) is 18.5 Å². The smallest absolute Gasteiger partial charge is 0.219 e. The van der Waals surface area contributed by atoms with Crippen LogP contribution in [0.3, 0.4) is 0 Å². The van der Waals surface area contributed by atoms with Crippen LogP contribution < -0.4 is 5.32 Å². The number of carbonyl (C=O) groups excluding carboxylic acids is 1. The van der Waals surface area contributed by atoms with Crippen molar-refractivity contribution in [1.82, 2.24) is 15.4 Å². The summed E-state index contributed by atoms with van der Waals surface area (Å²) in [4.78, 5) is 13.8. The first-order valence-electron chi connectivity index (χ1n) is 9.91. The number of carbonyl (C=O) groups is 1. The van der Waals surface area contributed by atoms with E-state index in [-0.39, 0.29) is 18.1 Å². The van der Waals surface area contributed by atoms with Crippen molar-refractivity contribution in [1.29, 1.82) is 0 Å². The molecule has 0 aliphatic carbocycles. The topological polar surface area (TPSA) is 87.8 Å². The Balaban J connectivity index is 1.48. The molecule has 146 valence electrons. The fourth-order valence-electron chi connectivity index (χ4n) is 3.72. The Kier molecular flexibility index (Phi) is 7.05. The number of likely N-dealkylation sites (tertiary alicyclic amines) is 1. The lowest BCUT2D eigenvalue weighted by molar-refractivity contribution is -0.128. The number of hydrogen-bond acceptors (Lipinski definition) is 6. The van der Waals surface area contributed by atoms with E-state index in [4.69, 9.17) is 9.26 Å². The molecular formula is C19H31N3O4. The summed E-state index contributed by atoms with van der Waals surface area (Å²) in [5.41, 5.74) is 0.898. The second-order valence-electron chi connectivity index (χ2n) is 7.42. The Morgan fingerprint density at radius 1 is 1.35 bits per heavy atom. The molecule has 7 nitrogen and oxygen atoms in total. The van der Waals surface area contributed by atoms with E-state index >= 15 is 0 Å². The largest absolute Gasteiger partial charge is 0.390 e. The number of aromatic nitrogens is 1. The first kappa shape index (κ1) is 19.3. The summed E-state index contributed by atoms with van der Waals surface area (Å²) in [7, 11) is 0. The predicted molar refractivity (Wildman–Crippen MR) is 96.5 cm³/mol. The number of aliphatic hydroxyl groups is 1. The van der Waals surface area contributed by atoms with Crippen molar-refractivity contribution < 1.29 is 19.2 Å². The summed E-state index contributed by atoms with van der Waals surface area (Å²) < 4.78 is 11.5. The number of piperidine rings is 1. The van der Waals surface area contributed by atoms with Crippen LogP contribution in [0, 0.1) is 0 Å². The third-order valence-electron chi connectivity index (χ3n) is 5.28. The maximum absolute atomic E-state index is 11.4. The van der Waals surface area contributed by atoms with Crippen LogP contribution in [0.25, 0.3) is 0 Å². The Morgan fingerprint density at radius 2 is 2.15 bits per heavy atom. The van der Waals surface area contributed by atoms with Gasteiger partial charge < -0.3 is 19.7 Å². The third-order valence-corrected chi connectivity index (χ3v) is 5.28. The van der Waals surface area contributed by atoms with Crippen molar-refractivity contribution in [2.24, 2.45) is 0 Å². The minimum atomic E-state index is -0.532. The molecule has 0 radical (unpaired) electrons. The molecule has 3 rings (SSSR count). The van der Waals surface area contributed by atoms with E-state index in [2.05, 4.69) is 15.4 Å². The molecule has 0 bridgehead atoms. The lowest BCUT2D eigenvalue weighted by Gasteiger charge is -2.33. The lowest BCUT2D eigenvalue weighted by Crippen LogP contribution is -2.46. The molecule has 3 heterocycles. The zero-order valence-corrected chi connectivity index (χ0v) is 15.7. The summed E-state index contributed by atoms with van der Waals surface area (Å²) in [5.74, 6) is 0.881. The van der Waals surface area contributed by atoms with Gasteiger partial charge in [0.15, 0.2) is 5.76 Å². The average Bonchev–Trinajstić information content (AvgIpc) is 3.09. The molecule has 7 heteroatoms. The molecule has 2 fully saturated rings. The number of nitrogens with zero attached hydrogens (tertiary/aromatic N) is 2. The first-order valence-corrected chi connectivity index (χ1v) is 9.91. The van der Waals surface area contributed by atoms with Gasteiger partial charge in [-0.3, -0.25) is 9.69 Å². The van der Waals surface area contributed by atoms with E-state index in [1.165, 1.54) is 19.3 Å². The Morgan fingerprint density at radius 3 is 2.92 bits per heavy atom. The average molecular weight is 365 g/mol. The molecule has 1 amide bonds. The van der Waals surface area contributed by atoms with E-state index in [1.807, 2.05) is 13.0 Å². The predicted octanol–water partition coefficient (Wildman–Crippen LogP) is 1.64. The van der Waals surface area contributed by atoms with Crippen molar-refractivity contribution in [2.45, 2.75) is 76.7 Å². The zero-order chi connectivity index (χ0) is 18.4. The quantitative estimate of drug-likeness (QED) is 0.764. The molecule has 3 atom stereocenters. The van der Waals surface area contributed by atoms with Gasteiger partial charge in [-0.25, -0.2) is 0 Å². The van der Waals surface area contributed by atoms with E-state index in [1.54, 1.807) is 0 Å². The highest BCUT2D eigenvalue weighted by atomic mass is 16.5. The van der Waals surface area contributed by atoms with Gasteiger partial charge in [-0.2, -0.15) is 0 Å². The minimum absolute atomic E-state index is 0.00475. The summed E-state index contributed by atoms with van der Waals surface area (Å²) in [6, 6.07) is 2.02. The summed E-state index contributed by atoms with van der Waals surface area (Å²) in [5, 5.41) is 17.1. The highest BCUT2D eigenvalue weighted by Gasteiger charge is 2.30. The van der Waals surface area contributed by atoms with Crippen LogP contribution in [0.15, 0.2) is 10.6 Å². The summed E-state index contributed by atoms with van der Waals surface area (Å²) in [6.45, 7) is 5.24. The number of amides is 1. The van der Waals surface area contributed by atoms with Crippen LogP contribution in [0.2, 0.25) is 0 Å². The molecular weight excluding hydrogens is 334 g/mol. The van der Waals surface area contributed by atoms with Crippen molar-refractivity contribution in [3.8, 4) is 0 Å². The highest BCUT2D eigenvalue weighted by molar-refractivity contribution is 5.75. The van der Waals surface area contributed by atoms with Crippen LogP contribution in [0.5, 0.6) is 0 Å². The van der Waals surface area contributed by atoms with Gasteiger partial charge >= 0.3 is 0 Å². The Bertz CT molecular complexity index is 571. The number of hydrogen-bond donors (Lipinski definition) is 2. The normalized spacial score (nSPS) is 27.4. The van der Waals surface area contributed by atoms with E-state index in [9.17, 15) is 9.90 Å². The van der Waals surface area contributed by atoms with Crippen molar-refractivity contribution in [3.05, 3.63) is 17.5 Å². The van der Waals surface area contributed by atoms with Gasteiger partial charge in [0.2, 0.25) is 5.91 Å². The lowest BCUT2D eigenvalue weighted by atomic mass is 9.98. The number of aliphatic hydroxyl groups excluding tert-OH is 1. The second kappa shape index (κ2) is 9.48. The maximum atomic E-state index is 11.4. The molecule has 1 aromatic heterocycles. The van der Waals surface area contributed by atoms with Crippen LogP contribution in [0.1, 0.15) is 56.9 Å². The molecule has 0 unspecified atom stereocenters. The van der Waals surface area contributed by atoms with E-state index < -0.39 is 6.10 Å². The van der Waals surface area contributed by atoms with Crippen molar-refractivity contribution in [2.75, 3.05) is 19.6 Å². The van der Waals surface area contributed by atoms with Crippen molar-refractivity contribution in [3.63, 3.8) is 0 Å². The first-order chi connectivity index (χ1) is 12.6. The standard InChI is InChI=1S/C19H31N3O4/c1-2-19(24)20-12-18-17(23)7-6-15(25-18)10-14-11-16(26-21-14)13-22-8-4-3-5-9-22/h11,15,17-18,23H,2-10,12-13H2,1H3,(H,20,24)/t15-,17-,18+/m0/s1. The van der Waals surface area contributed by atoms with Gasteiger partial charge in [-0.15, -0.1) is 0 Å². The van der Waals surface area contributed by atoms with Crippen LogP contribution >= 0.6 is 0 Å². The fraction of sp³-hybridized carbons (Fsp3) is 0.789. The van der Waals surface area contributed by atoms with Gasteiger partial charge in [0.25, 0.3) is 0 Å². The maximum Gasteiger partial charge on any atom is 0.219 e.